The van der Waals surface area contributed by atoms with Gasteiger partial charge in [0.15, 0.2) is 0 Å². The van der Waals surface area contributed by atoms with Crippen LogP contribution >= 0.6 is 11.6 Å². The van der Waals surface area contributed by atoms with E-state index in [1.54, 1.807) is 6.92 Å². The van der Waals surface area contributed by atoms with Crippen LogP contribution in [0.1, 0.15) is 18.9 Å². The van der Waals surface area contributed by atoms with E-state index >= 15 is 0 Å². The van der Waals surface area contributed by atoms with Crippen molar-refractivity contribution in [3.63, 3.8) is 0 Å². The second-order valence-electron chi connectivity index (χ2n) is 4.57. The molecule has 0 spiro atoms. The van der Waals surface area contributed by atoms with Gasteiger partial charge in [-0.15, -0.1) is 0 Å². The van der Waals surface area contributed by atoms with Crippen molar-refractivity contribution in [2.45, 2.75) is 25.9 Å². The summed E-state index contributed by atoms with van der Waals surface area (Å²) in [5.41, 5.74) is 7.81. The first kappa shape index (κ1) is 13.2. The quantitative estimate of drug-likeness (QED) is 0.873. The predicted molar refractivity (Wildman–Crippen MR) is 73.8 cm³/mol. The Bertz CT molecular complexity index is 450. The number of carbonyl (C=O) groups excluding carboxylic acids is 1. The number of hydrogen-bond acceptors (Lipinski definition) is 3. The Morgan fingerprint density at radius 1 is 1.61 bits per heavy atom. The molecule has 1 saturated heterocycles. The van der Waals surface area contributed by atoms with Crippen LogP contribution in [-0.4, -0.2) is 25.0 Å². The molecule has 0 bridgehead atoms. The van der Waals surface area contributed by atoms with Gasteiger partial charge in [-0.25, -0.2) is 0 Å². The van der Waals surface area contributed by atoms with Crippen molar-refractivity contribution in [3.8, 4) is 0 Å². The molecule has 1 unspecified atom stereocenters. The third-order valence-electron chi connectivity index (χ3n) is 3.23. The molecule has 1 aromatic rings. The van der Waals surface area contributed by atoms with E-state index in [2.05, 4.69) is 10.2 Å². The average molecular weight is 268 g/mol. The SMILES string of the molecule is CC(=O)NC1CCN(c2cccc(Cl)c2CN)C1. The highest BCUT2D eigenvalue weighted by molar-refractivity contribution is 6.31. The molecule has 0 saturated carbocycles. The molecule has 4 nitrogen and oxygen atoms in total. The summed E-state index contributed by atoms with van der Waals surface area (Å²) in [6.45, 7) is 3.70. The zero-order valence-electron chi connectivity index (χ0n) is 10.4. The lowest BCUT2D eigenvalue weighted by atomic mass is 10.1. The summed E-state index contributed by atoms with van der Waals surface area (Å²) >= 11 is 6.15. The summed E-state index contributed by atoms with van der Waals surface area (Å²) in [5.74, 6) is 0.0204. The summed E-state index contributed by atoms with van der Waals surface area (Å²) < 4.78 is 0. The van der Waals surface area contributed by atoms with Crippen LogP contribution in [0.2, 0.25) is 5.02 Å². The topological polar surface area (TPSA) is 58.4 Å². The van der Waals surface area contributed by atoms with E-state index in [0.717, 1.165) is 30.8 Å². The number of nitrogens with two attached hydrogens (primary N) is 1. The van der Waals surface area contributed by atoms with Gasteiger partial charge in [0.25, 0.3) is 0 Å². The lowest BCUT2D eigenvalue weighted by Gasteiger charge is -2.22. The first-order chi connectivity index (χ1) is 8.61. The third-order valence-corrected chi connectivity index (χ3v) is 3.59. The Labute approximate surface area is 112 Å². The minimum Gasteiger partial charge on any atom is -0.369 e. The summed E-state index contributed by atoms with van der Waals surface area (Å²) in [5, 5.41) is 3.66. The van der Waals surface area contributed by atoms with Crippen molar-refractivity contribution in [2.75, 3.05) is 18.0 Å². The molecule has 1 aromatic carbocycles. The van der Waals surface area contributed by atoms with Gasteiger partial charge in [-0.3, -0.25) is 4.79 Å². The molecule has 18 heavy (non-hydrogen) atoms. The molecular formula is C13H18ClN3O. The van der Waals surface area contributed by atoms with Gasteiger partial charge in [0, 0.05) is 48.9 Å². The highest BCUT2D eigenvalue weighted by Crippen LogP contribution is 2.29. The van der Waals surface area contributed by atoms with E-state index in [-0.39, 0.29) is 11.9 Å². The van der Waals surface area contributed by atoms with E-state index in [4.69, 9.17) is 17.3 Å². The number of amides is 1. The van der Waals surface area contributed by atoms with Crippen LogP contribution < -0.4 is 16.0 Å². The zero-order chi connectivity index (χ0) is 13.1. The van der Waals surface area contributed by atoms with Crippen molar-refractivity contribution in [2.24, 2.45) is 5.73 Å². The lowest BCUT2D eigenvalue weighted by Crippen LogP contribution is -2.35. The average Bonchev–Trinajstić information content (AvgIpc) is 2.76. The van der Waals surface area contributed by atoms with Crippen LogP contribution in [0, 0.1) is 0 Å². The molecule has 2 rings (SSSR count). The molecule has 1 atom stereocenters. The number of rotatable bonds is 3. The van der Waals surface area contributed by atoms with E-state index in [0.29, 0.717) is 11.6 Å². The van der Waals surface area contributed by atoms with Gasteiger partial charge >= 0.3 is 0 Å². The standard InChI is InChI=1S/C13H18ClN3O/c1-9(18)16-10-5-6-17(8-10)13-4-2-3-12(14)11(13)7-15/h2-4,10H,5-8,15H2,1H3,(H,16,18). The highest BCUT2D eigenvalue weighted by Gasteiger charge is 2.24. The van der Waals surface area contributed by atoms with Crippen molar-refractivity contribution >= 4 is 23.2 Å². The van der Waals surface area contributed by atoms with Gasteiger partial charge < -0.3 is 16.0 Å². The fourth-order valence-corrected chi connectivity index (χ4v) is 2.68. The molecule has 0 aliphatic carbocycles. The van der Waals surface area contributed by atoms with Gasteiger partial charge in [-0.1, -0.05) is 17.7 Å². The number of nitrogens with one attached hydrogen (secondary N) is 1. The number of halogens is 1. The summed E-state index contributed by atoms with van der Waals surface area (Å²) in [4.78, 5) is 13.3. The minimum absolute atomic E-state index is 0.0204. The Kier molecular flexibility index (Phi) is 4.09. The van der Waals surface area contributed by atoms with E-state index < -0.39 is 0 Å². The Hall–Kier alpha value is -1.26. The molecule has 3 N–H and O–H groups in total. The van der Waals surface area contributed by atoms with Gasteiger partial charge in [0.2, 0.25) is 5.91 Å². The van der Waals surface area contributed by atoms with E-state index in [9.17, 15) is 4.79 Å². The minimum atomic E-state index is 0.0204. The zero-order valence-corrected chi connectivity index (χ0v) is 11.2. The molecule has 0 radical (unpaired) electrons. The Balaban J connectivity index is 2.14. The van der Waals surface area contributed by atoms with E-state index in [1.807, 2.05) is 18.2 Å². The third kappa shape index (κ3) is 2.76. The predicted octanol–water partition coefficient (Wildman–Crippen LogP) is 1.51. The first-order valence-corrected chi connectivity index (χ1v) is 6.49. The Morgan fingerprint density at radius 3 is 3.06 bits per heavy atom. The van der Waals surface area contributed by atoms with Gasteiger partial charge in [-0.05, 0) is 18.6 Å². The Morgan fingerprint density at radius 2 is 2.39 bits per heavy atom. The van der Waals surface area contributed by atoms with Crippen LogP contribution in [0.4, 0.5) is 5.69 Å². The molecule has 1 fully saturated rings. The first-order valence-electron chi connectivity index (χ1n) is 6.11. The molecule has 5 heteroatoms. The van der Waals surface area contributed by atoms with Gasteiger partial charge in [0.05, 0.1) is 0 Å². The second kappa shape index (κ2) is 5.59. The number of hydrogen-bond donors (Lipinski definition) is 2. The summed E-state index contributed by atoms with van der Waals surface area (Å²) in [6, 6.07) is 6.04. The molecule has 98 valence electrons. The fourth-order valence-electron chi connectivity index (χ4n) is 2.43. The number of anilines is 1. The highest BCUT2D eigenvalue weighted by atomic mass is 35.5. The van der Waals surface area contributed by atoms with Crippen LogP contribution in [0.25, 0.3) is 0 Å². The largest absolute Gasteiger partial charge is 0.369 e. The summed E-state index contributed by atoms with van der Waals surface area (Å²) in [6.07, 6.45) is 0.954. The van der Waals surface area contributed by atoms with Crippen LogP contribution in [-0.2, 0) is 11.3 Å². The maximum Gasteiger partial charge on any atom is 0.217 e. The van der Waals surface area contributed by atoms with Crippen molar-refractivity contribution in [1.82, 2.24) is 5.32 Å². The fraction of sp³-hybridized carbons (Fsp3) is 0.462. The maximum absolute atomic E-state index is 11.0. The van der Waals surface area contributed by atoms with Crippen LogP contribution in [0.15, 0.2) is 18.2 Å². The maximum atomic E-state index is 11.0. The molecule has 0 aromatic heterocycles. The number of benzene rings is 1. The molecule has 1 aliphatic heterocycles. The molecule has 1 aliphatic rings. The summed E-state index contributed by atoms with van der Waals surface area (Å²) in [7, 11) is 0. The van der Waals surface area contributed by atoms with Crippen LogP contribution in [0.5, 0.6) is 0 Å². The van der Waals surface area contributed by atoms with Crippen LogP contribution in [0.3, 0.4) is 0 Å². The number of carbonyl (C=O) groups is 1. The number of nitrogens with zero attached hydrogens (tertiary/aromatic N) is 1. The van der Waals surface area contributed by atoms with Gasteiger partial charge in [0.1, 0.15) is 0 Å². The second-order valence-corrected chi connectivity index (χ2v) is 4.98. The molecule has 1 amide bonds. The van der Waals surface area contributed by atoms with Crippen molar-refractivity contribution in [3.05, 3.63) is 28.8 Å². The molecular weight excluding hydrogens is 250 g/mol. The normalized spacial score (nSPS) is 19.1. The lowest BCUT2D eigenvalue weighted by molar-refractivity contribution is -0.119. The van der Waals surface area contributed by atoms with Crippen molar-refractivity contribution in [1.29, 1.82) is 0 Å². The van der Waals surface area contributed by atoms with Crippen molar-refractivity contribution < 1.29 is 4.79 Å². The van der Waals surface area contributed by atoms with Gasteiger partial charge in [-0.2, -0.15) is 0 Å². The monoisotopic (exact) mass is 267 g/mol. The smallest absolute Gasteiger partial charge is 0.217 e. The van der Waals surface area contributed by atoms with E-state index in [1.165, 1.54) is 0 Å². The molecule has 1 heterocycles.